The highest BCUT2D eigenvalue weighted by Gasteiger charge is 2.33. The minimum absolute atomic E-state index is 0.324. The molecule has 88 valence electrons. The van der Waals surface area contributed by atoms with Crippen LogP contribution in [-0.4, -0.2) is 54.4 Å². The van der Waals surface area contributed by atoms with Gasteiger partial charge in [-0.2, -0.15) is 17.0 Å². The lowest BCUT2D eigenvalue weighted by molar-refractivity contribution is 0.111. The molecule has 2 rings (SSSR count). The molecule has 2 aliphatic rings. The molecule has 1 N–H and O–H groups in total. The van der Waals surface area contributed by atoms with Gasteiger partial charge in [-0.05, 0) is 25.7 Å². The molecule has 2 fully saturated rings. The maximum Gasteiger partial charge on any atom is 0.281 e. The van der Waals surface area contributed by atoms with Crippen LogP contribution in [0.2, 0.25) is 0 Å². The summed E-state index contributed by atoms with van der Waals surface area (Å²) >= 11 is 0. The second-order valence-electron chi connectivity index (χ2n) is 4.24. The molecule has 2 saturated heterocycles. The summed E-state index contributed by atoms with van der Waals surface area (Å²) < 4.78 is 27.2. The summed E-state index contributed by atoms with van der Waals surface area (Å²) in [6.45, 7) is 2.22. The standard InChI is InChI=1S/C9H18N2O3S/c12-9-3-7-11(8-4-9)15(13,14)10-5-1-2-6-10/h9,12H,1-8H2. The molecule has 0 spiro atoms. The third-order valence-electron chi connectivity index (χ3n) is 3.14. The molecular weight excluding hydrogens is 216 g/mol. The van der Waals surface area contributed by atoms with Gasteiger partial charge < -0.3 is 5.11 Å². The van der Waals surface area contributed by atoms with Gasteiger partial charge in [0, 0.05) is 26.2 Å². The van der Waals surface area contributed by atoms with Gasteiger partial charge in [0.15, 0.2) is 0 Å². The lowest BCUT2D eigenvalue weighted by Gasteiger charge is -2.31. The van der Waals surface area contributed by atoms with Crippen LogP contribution in [0.1, 0.15) is 25.7 Å². The number of piperidine rings is 1. The van der Waals surface area contributed by atoms with Gasteiger partial charge in [0.1, 0.15) is 0 Å². The molecule has 6 heteroatoms. The predicted molar refractivity (Wildman–Crippen MR) is 56.5 cm³/mol. The minimum Gasteiger partial charge on any atom is -0.393 e. The van der Waals surface area contributed by atoms with Crippen molar-refractivity contribution in [1.82, 2.24) is 8.61 Å². The summed E-state index contributed by atoms with van der Waals surface area (Å²) in [4.78, 5) is 0. The van der Waals surface area contributed by atoms with Crippen LogP contribution in [0.5, 0.6) is 0 Å². The first-order valence-electron chi connectivity index (χ1n) is 5.54. The fourth-order valence-electron chi connectivity index (χ4n) is 2.16. The van der Waals surface area contributed by atoms with Gasteiger partial charge in [-0.15, -0.1) is 0 Å². The molecule has 2 aliphatic heterocycles. The first kappa shape index (κ1) is 11.3. The topological polar surface area (TPSA) is 60.9 Å². The average Bonchev–Trinajstić information content (AvgIpc) is 2.71. The molecule has 0 bridgehead atoms. The van der Waals surface area contributed by atoms with Crippen LogP contribution in [0.15, 0.2) is 0 Å². The Labute approximate surface area is 90.9 Å². The molecule has 2 heterocycles. The average molecular weight is 234 g/mol. The Morgan fingerprint density at radius 2 is 1.40 bits per heavy atom. The molecular formula is C9H18N2O3S. The Morgan fingerprint density at radius 3 is 1.93 bits per heavy atom. The van der Waals surface area contributed by atoms with Crippen molar-refractivity contribution in [2.24, 2.45) is 0 Å². The van der Waals surface area contributed by atoms with Gasteiger partial charge in [0.2, 0.25) is 0 Å². The van der Waals surface area contributed by atoms with Crippen molar-refractivity contribution in [3.8, 4) is 0 Å². The predicted octanol–water partition coefficient (Wildman–Crippen LogP) is -0.216. The maximum absolute atomic E-state index is 12.1. The maximum atomic E-state index is 12.1. The van der Waals surface area contributed by atoms with Crippen molar-refractivity contribution in [3.63, 3.8) is 0 Å². The van der Waals surface area contributed by atoms with E-state index in [-0.39, 0.29) is 6.10 Å². The normalized spacial score (nSPS) is 27.3. The number of hydrogen-bond donors (Lipinski definition) is 1. The lowest BCUT2D eigenvalue weighted by Crippen LogP contribution is -2.46. The van der Waals surface area contributed by atoms with Gasteiger partial charge in [-0.25, -0.2) is 0 Å². The number of hydrogen-bond acceptors (Lipinski definition) is 3. The SMILES string of the molecule is O=S(=O)(N1CCCC1)N1CCC(O)CC1. The van der Waals surface area contributed by atoms with E-state index in [0.717, 1.165) is 12.8 Å². The Balaban J connectivity index is 2.02. The van der Waals surface area contributed by atoms with E-state index in [1.165, 1.54) is 4.31 Å². The van der Waals surface area contributed by atoms with Crippen molar-refractivity contribution in [1.29, 1.82) is 0 Å². The van der Waals surface area contributed by atoms with E-state index in [4.69, 9.17) is 0 Å². The second kappa shape index (κ2) is 4.37. The Morgan fingerprint density at radius 1 is 0.933 bits per heavy atom. The molecule has 15 heavy (non-hydrogen) atoms. The zero-order chi connectivity index (χ0) is 10.9. The van der Waals surface area contributed by atoms with E-state index in [1.807, 2.05) is 0 Å². The van der Waals surface area contributed by atoms with E-state index < -0.39 is 10.2 Å². The molecule has 0 aromatic heterocycles. The van der Waals surface area contributed by atoms with Crippen molar-refractivity contribution in [2.75, 3.05) is 26.2 Å². The summed E-state index contributed by atoms with van der Waals surface area (Å²) in [7, 11) is -3.23. The van der Waals surface area contributed by atoms with Crippen LogP contribution in [0, 0.1) is 0 Å². The largest absolute Gasteiger partial charge is 0.393 e. The molecule has 0 aromatic carbocycles. The van der Waals surface area contributed by atoms with Gasteiger partial charge in [0.25, 0.3) is 10.2 Å². The van der Waals surface area contributed by atoms with Crippen LogP contribution in [-0.2, 0) is 10.2 Å². The van der Waals surface area contributed by atoms with Crippen molar-refractivity contribution in [2.45, 2.75) is 31.8 Å². The third-order valence-corrected chi connectivity index (χ3v) is 5.18. The number of rotatable bonds is 2. The Bertz CT molecular complexity index is 303. The van der Waals surface area contributed by atoms with E-state index >= 15 is 0 Å². The van der Waals surface area contributed by atoms with Crippen LogP contribution in [0.4, 0.5) is 0 Å². The van der Waals surface area contributed by atoms with E-state index in [0.29, 0.717) is 39.0 Å². The number of aliphatic hydroxyl groups excluding tert-OH is 1. The monoisotopic (exact) mass is 234 g/mol. The van der Waals surface area contributed by atoms with Gasteiger partial charge in [-0.3, -0.25) is 0 Å². The highest BCUT2D eigenvalue weighted by atomic mass is 32.2. The van der Waals surface area contributed by atoms with E-state index in [1.54, 1.807) is 4.31 Å². The zero-order valence-corrected chi connectivity index (χ0v) is 9.62. The van der Waals surface area contributed by atoms with Gasteiger partial charge in [0.05, 0.1) is 6.10 Å². The Hall–Kier alpha value is -0.170. The highest BCUT2D eigenvalue weighted by Crippen LogP contribution is 2.20. The van der Waals surface area contributed by atoms with E-state index in [2.05, 4.69) is 0 Å². The molecule has 0 saturated carbocycles. The molecule has 5 nitrogen and oxygen atoms in total. The highest BCUT2D eigenvalue weighted by molar-refractivity contribution is 7.86. The Kier molecular flexibility index (Phi) is 3.30. The lowest BCUT2D eigenvalue weighted by atomic mass is 10.1. The summed E-state index contributed by atoms with van der Waals surface area (Å²) in [5.41, 5.74) is 0. The first-order valence-corrected chi connectivity index (χ1v) is 6.94. The van der Waals surface area contributed by atoms with E-state index in [9.17, 15) is 13.5 Å². The smallest absolute Gasteiger partial charge is 0.281 e. The fourth-order valence-corrected chi connectivity index (χ4v) is 3.87. The van der Waals surface area contributed by atoms with Crippen molar-refractivity contribution >= 4 is 10.2 Å². The zero-order valence-electron chi connectivity index (χ0n) is 8.80. The number of nitrogens with zero attached hydrogens (tertiary/aromatic N) is 2. The fraction of sp³-hybridized carbons (Fsp3) is 1.00. The van der Waals surface area contributed by atoms with Gasteiger partial charge >= 0.3 is 0 Å². The molecule has 0 amide bonds. The first-order chi connectivity index (χ1) is 7.10. The van der Waals surface area contributed by atoms with Crippen LogP contribution in [0.3, 0.4) is 0 Å². The van der Waals surface area contributed by atoms with Crippen LogP contribution >= 0.6 is 0 Å². The summed E-state index contributed by atoms with van der Waals surface area (Å²) in [6, 6.07) is 0. The summed E-state index contributed by atoms with van der Waals surface area (Å²) in [5, 5.41) is 9.32. The van der Waals surface area contributed by atoms with Crippen LogP contribution in [0.25, 0.3) is 0 Å². The van der Waals surface area contributed by atoms with Crippen molar-refractivity contribution in [3.05, 3.63) is 0 Å². The third kappa shape index (κ3) is 2.33. The molecule has 0 atom stereocenters. The molecule has 0 aromatic rings. The molecule has 0 unspecified atom stereocenters. The molecule has 0 aliphatic carbocycles. The van der Waals surface area contributed by atoms with Crippen molar-refractivity contribution < 1.29 is 13.5 Å². The second-order valence-corrected chi connectivity index (χ2v) is 6.17. The minimum atomic E-state index is -3.23. The summed E-state index contributed by atoms with van der Waals surface area (Å²) in [6.07, 6.45) is 2.74. The molecule has 0 radical (unpaired) electrons. The quantitative estimate of drug-likeness (QED) is 0.719. The van der Waals surface area contributed by atoms with Crippen LogP contribution < -0.4 is 0 Å². The summed E-state index contributed by atoms with van der Waals surface area (Å²) in [5.74, 6) is 0. The van der Waals surface area contributed by atoms with Gasteiger partial charge in [-0.1, -0.05) is 0 Å². The number of aliphatic hydroxyl groups is 1.